The lowest BCUT2D eigenvalue weighted by molar-refractivity contribution is 0.412. The van der Waals surface area contributed by atoms with E-state index in [0.717, 1.165) is 11.8 Å². The molecule has 0 aliphatic heterocycles. The monoisotopic (exact) mass is 266 g/mol. The van der Waals surface area contributed by atoms with Crippen LogP contribution in [0.15, 0.2) is 52.9 Å². The lowest BCUT2D eigenvalue weighted by atomic mass is 9.88. The molecule has 3 nitrogen and oxygen atoms in total. The van der Waals surface area contributed by atoms with Gasteiger partial charge in [-0.15, -0.1) is 0 Å². The molecule has 0 saturated carbocycles. The summed E-state index contributed by atoms with van der Waals surface area (Å²) in [6.07, 6.45) is 0.846. The van der Waals surface area contributed by atoms with Gasteiger partial charge in [-0.1, -0.05) is 35.9 Å². The molecule has 0 saturated heterocycles. The Kier molecular flexibility index (Phi) is 3.34. The molecule has 20 heavy (non-hydrogen) atoms. The fourth-order valence-corrected chi connectivity index (χ4v) is 2.29. The summed E-state index contributed by atoms with van der Waals surface area (Å²) in [6, 6.07) is 16.0. The van der Waals surface area contributed by atoms with Gasteiger partial charge in [-0.25, -0.2) is 0 Å². The van der Waals surface area contributed by atoms with Gasteiger partial charge in [-0.2, -0.15) is 0 Å². The summed E-state index contributed by atoms with van der Waals surface area (Å²) in [4.78, 5) is 0. The topological polar surface area (TPSA) is 53.6 Å². The number of furan rings is 1. The van der Waals surface area contributed by atoms with Crippen molar-refractivity contribution in [2.75, 3.05) is 0 Å². The normalized spacial score (nSPS) is 10.9. The molecule has 1 heterocycles. The summed E-state index contributed by atoms with van der Waals surface area (Å²) in [5.41, 5.74) is 4.51. The van der Waals surface area contributed by atoms with Crippen molar-refractivity contribution < 1.29 is 14.5 Å². The first-order valence-corrected chi connectivity index (χ1v) is 6.56. The minimum absolute atomic E-state index is 0.174. The summed E-state index contributed by atoms with van der Waals surface area (Å²) in [6.45, 7) is 2.07. The van der Waals surface area contributed by atoms with Gasteiger partial charge in [-0.05, 0) is 42.7 Å². The smallest absolute Gasteiger partial charge is 0.465 e. The molecule has 0 spiro atoms. The molecule has 0 aliphatic rings. The standard InChI is InChI=1S/C16H15BO3/c1-11-2-4-12(5-3-11)8-13-6-7-15-14(9-13)10-16(20-15)17(18)19/h2-7,9-10,18-19H,8H2,1H3. The van der Waals surface area contributed by atoms with Crippen molar-refractivity contribution in [2.45, 2.75) is 13.3 Å². The van der Waals surface area contributed by atoms with Gasteiger partial charge in [0.15, 0.2) is 0 Å². The Morgan fingerprint density at radius 3 is 2.35 bits per heavy atom. The van der Waals surface area contributed by atoms with Crippen molar-refractivity contribution in [2.24, 2.45) is 0 Å². The van der Waals surface area contributed by atoms with Crippen LogP contribution in [0.25, 0.3) is 11.0 Å². The highest BCUT2D eigenvalue weighted by atomic mass is 16.4. The van der Waals surface area contributed by atoms with Crippen LogP contribution in [-0.4, -0.2) is 17.2 Å². The van der Waals surface area contributed by atoms with Crippen molar-refractivity contribution in [3.05, 3.63) is 65.2 Å². The zero-order chi connectivity index (χ0) is 14.1. The highest BCUT2D eigenvalue weighted by Crippen LogP contribution is 2.18. The molecule has 1 aromatic heterocycles. The first-order valence-electron chi connectivity index (χ1n) is 6.56. The third kappa shape index (κ3) is 2.62. The Labute approximate surface area is 117 Å². The molecule has 2 N–H and O–H groups in total. The first-order chi connectivity index (χ1) is 9.61. The molecule has 0 atom stereocenters. The molecule has 0 bridgehead atoms. The molecule has 0 amide bonds. The maximum absolute atomic E-state index is 9.12. The maximum atomic E-state index is 9.12. The molecule has 4 heteroatoms. The number of hydrogen-bond acceptors (Lipinski definition) is 3. The predicted octanol–water partition coefficient (Wildman–Crippen LogP) is 2.01. The molecule has 0 unspecified atom stereocenters. The van der Waals surface area contributed by atoms with E-state index in [-0.39, 0.29) is 5.66 Å². The molecule has 0 aliphatic carbocycles. The van der Waals surface area contributed by atoms with E-state index >= 15 is 0 Å². The second kappa shape index (κ2) is 5.15. The average molecular weight is 266 g/mol. The summed E-state index contributed by atoms with van der Waals surface area (Å²) in [5, 5.41) is 19.1. The van der Waals surface area contributed by atoms with Gasteiger partial charge in [0.2, 0.25) is 0 Å². The van der Waals surface area contributed by atoms with Gasteiger partial charge in [0.25, 0.3) is 0 Å². The van der Waals surface area contributed by atoms with Crippen LogP contribution in [-0.2, 0) is 6.42 Å². The van der Waals surface area contributed by atoms with Crippen LogP contribution < -0.4 is 5.66 Å². The van der Waals surface area contributed by atoms with E-state index in [0.29, 0.717) is 5.58 Å². The number of hydrogen-bond donors (Lipinski definition) is 2. The Bertz CT molecular complexity index is 729. The molecule has 3 aromatic rings. The minimum Gasteiger partial charge on any atom is -0.465 e. The molecule has 100 valence electrons. The summed E-state index contributed by atoms with van der Waals surface area (Å²) >= 11 is 0. The third-order valence-corrected chi connectivity index (χ3v) is 3.38. The number of benzene rings is 2. The Morgan fingerprint density at radius 1 is 0.950 bits per heavy atom. The van der Waals surface area contributed by atoms with Crippen LogP contribution >= 0.6 is 0 Å². The van der Waals surface area contributed by atoms with E-state index in [1.807, 2.05) is 18.2 Å². The lowest BCUT2D eigenvalue weighted by Gasteiger charge is -2.02. The van der Waals surface area contributed by atoms with Crippen molar-refractivity contribution in [3.63, 3.8) is 0 Å². The Morgan fingerprint density at radius 2 is 1.65 bits per heavy atom. The van der Waals surface area contributed by atoms with E-state index < -0.39 is 7.12 Å². The Hall–Kier alpha value is -2.04. The van der Waals surface area contributed by atoms with E-state index in [1.54, 1.807) is 6.07 Å². The molecular weight excluding hydrogens is 251 g/mol. The van der Waals surface area contributed by atoms with E-state index in [2.05, 4.69) is 31.2 Å². The highest BCUT2D eigenvalue weighted by Gasteiger charge is 2.16. The highest BCUT2D eigenvalue weighted by molar-refractivity contribution is 6.57. The van der Waals surface area contributed by atoms with Crippen LogP contribution in [0, 0.1) is 6.92 Å². The SMILES string of the molecule is Cc1ccc(Cc2ccc3oc(B(O)O)cc3c2)cc1. The van der Waals surface area contributed by atoms with Crippen molar-refractivity contribution in [1.29, 1.82) is 0 Å². The third-order valence-electron chi connectivity index (χ3n) is 3.38. The molecule has 3 rings (SSSR count). The van der Waals surface area contributed by atoms with Gasteiger partial charge in [0.1, 0.15) is 11.2 Å². The molecule has 0 fully saturated rings. The number of aryl methyl sites for hydroxylation is 1. The maximum Gasteiger partial charge on any atom is 0.526 e. The second-order valence-electron chi connectivity index (χ2n) is 5.06. The zero-order valence-electron chi connectivity index (χ0n) is 11.2. The van der Waals surface area contributed by atoms with Crippen LogP contribution in [0.4, 0.5) is 0 Å². The van der Waals surface area contributed by atoms with Crippen molar-refractivity contribution >= 4 is 23.7 Å². The van der Waals surface area contributed by atoms with Crippen LogP contribution in [0.3, 0.4) is 0 Å². The predicted molar refractivity (Wildman–Crippen MR) is 80.0 cm³/mol. The van der Waals surface area contributed by atoms with E-state index in [9.17, 15) is 0 Å². The fraction of sp³-hybridized carbons (Fsp3) is 0.125. The van der Waals surface area contributed by atoms with Gasteiger partial charge in [-0.3, -0.25) is 0 Å². The quantitative estimate of drug-likeness (QED) is 0.713. The zero-order valence-corrected chi connectivity index (χ0v) is 11.2. The van der Waals surface area contributed by atoms with Gasteiger partial charge in [0.05, 0.1) is 0 Å². The fourth-order valence-electron chi connectivity index (χ4n) is 2.29. The first kappa shape index (κ1) is 13.0. The molecular formula is C16H15BO3. The van der Waals surface area contributed by atoms with Crippen LogP contribution in [0.2, 0.25) is 0 Å². The van der Waals surface area contributed by atoms with Crippen molar-refractivity contribution in [3.8, 4) is 0 Å². The minimum atomic E-state index is -1.57. The second-order valence-corrected chi connectivity index (χ2v) is 5.06. The molecule has 2 aromatic carbocycles. The van der Waals surface area contributed by atoms with Gasteiger partial charge >= 0.3 is 7.12 Å². The van der Waals surface area contributed by atoms with Crippen molar-refractivity contribution in [1.82, 2.24) is 0 Å². The van der Waals surface area contributed by atoms with E-state index in [4.69, 9.17) is 14.5 Å². The Balaban J connectivity index is 1.90. The van der Waals surface area contributed by atoms with Crippen LogP contribution in [0.5, 0.6) is 0 Å². The summed E-state index contributed by atoms with van der Waals surface area (Å²) in [7, 11) is -1.57. The number of fused-ring (bicyclic) bond motifs is 1. The van der Waals surface area contributed by atoms with E-state index in [1.165, 1.54) is 16.7 Å². The van der Waals surface area contributed by atoms with Crippen LogP contribution in [0.1, 0.15) is 16.7 Å². The average Bonchev–Trinajstić information content (AvgIpc) is 2.85. The van der Waals surface area contributed by atoms with Gasteiger partial charge < -0.3 is 14.5 Å². The summed E-state index contributed by atoms with van der Waals surface area (Å²) < 4.78 is 5.35. The molecule has 0 radical (unpaired) electrons. The van der Waals surface area contributed by atoms with Gasteiger partial charge in [0, 0.05) is 5.39 Å². The number of rotatable bonds is 3. The summed E-state index contributed by atoms with van der Waals surface area (Å²) in [5.74, 6) is 0. The largest absolute Gasteiger partial charge is 0.526 e. The lowest BCUT2D eigenvalue weighted by Crippen LogP contribution is -2.27.